The first-order valence-corrected chi connectivity index (χ1v) is 11.8. The molecule has 5 rings (SSSR count). The maximum atomic E-state index is 12.2. The normalized spacial score (nSPS) is 21.9. The maximum absolute atomic E-state index is 12.2. The standard InChI is InChI=1S/C26H31N5O2/c1-5-26(4,27)22-13-29-24(31-16-6-7-16)21-12-28-18(11-20(21)22)10-17-8-9-19-23(30-17)14(2)15(3)33-25(19)32/h8-9,11-16H,5-7,10,27H2,1-4H3,(H,29,31)/t14-,15-,26+/m0/s1. The molecule has 2 aliphatic rings. The molecule has 0 aromatic carbocycles. The quantitative estimate of drug-likeness (QED) is 0.541. The molecule has 0 radical (unpaired) electrons. The van der Waals surface area contributed by atoms with Crippen molar-refractivity contribution in [1.29, 1.82) is 0 Å². The highest BCUT2D eigenvalue weighted by Crippen LogP contribution is 2.35. The van der Waals surface area contributed by atoms with Crippen LogP contribution in [0.15, 0.2) is 30.6 Å². The fraction of sp³-hybridized carbons (Fsp3) is 0.462. The van der Waals surface area contributed by atoms with E-state index in [9.17, 15) is 4.79 Å². The van der Waals surface area contributed by atoms with Crippen LogP contribution in [0, 0.1) is 0 Å². The summed E-state index contributed by atoms with van der Waals surface area (Å²) >= 11 is 0. The number of cyclic esters (lactones) is 1. The summed E-state index contributed by atoms with van der Waals surface area (Å²) in [4.78, 5) is 26.5. The van der Waals surface area contributed by atoms with Crippen LogP contribution in [0.2, 0.25) is 0 Å². The fourth-order valence-corrected chi connectivity index (χ4v) is 4.33. The second-order valence-corrected chi connectivity index (χ2v) is 9.74. The van der Waals surface area contributed by atoms with Crippen LogP contribution < -0.4 is 11.1 Å². The van der Waals surface area contributed by atoms with Gasteiger partial charge in [-0.25, -0.2) is 9.78 Å². The van der Waals surface area contributed by atoms with Crippen molar-refractivity contribution < 1.29 is 9.53 Å². The van der Waals surface area contributed by atoms with Gasteiger partial charge in [-0.3, -0.25) is 9.97 Å². The zero-order valence-corrected chi connectivity index (χ0v) is 19.7. The maximum Gasteiger partial charge on any atom is 0.340 e. The lowest BCUT2D eigenvalue weighted by atomic mass is 9.88. The minimum absolute atomic E-state index is 0.0541. The van der Waals surface area contributed by atoms with Crippen LogP contribution in [0.1, 0.15) is 85.9 Å². The van der Waals surface area contributed by atoms with Crippen LogP contribution in [0.3, 0.4) is 0 Å². The highest BCUT2D eigenvalue weighted by molar-refractivity contribution is 5.94. The van der Waals surface area contributed by atoms with Crippen LogP contribution in [0.25, 0.3) is 10.8 Å². The summed E-state index contributed by atoms with van der Waals surface area (Å²) < 4.78 is 5.41. The number of esters is 1. The molecule has 3 atom stereocenters. The predicted octanol–water partition coefficient (Wildman–Crippen LogP) is 4.44. The predicted molar refractivity (Wildman–Crippen MR) is 128 cm³/mol. The molecular weight excluding hydrogens is 414 g/mol. The van der Waals surface area contributed by atoms with Crippen LogP contribution >= 0.6 is 0 Å². The number of rotatable bonds is 6. The zero-order chi connectivity index (χ0) is 23.3. The van der Waals surface area contributed by atoms with Crippen LogP contribution in [0.4, 0.5) is 5.82 Å². The van der Waals surface area contributed by atoms with Gasteiger partial charge >= 0.3 is 5.97 Å². The summed E-state index contributed by atoms with van der Waals surface area (Å²) in [6.07, 6.45) is 7.35. The van der Waals surface area contributed by atoms with Crippen molar-refractivity contribution in [1.82, 2.24) is 15.0 Å². The Morgan fingerprint density at radius 2 is 1.94 bits per heavy atom. The van der Waals surface area contributed by atoms with E-state index in [0.717, 1.165) is 45.7 Å². The van der Waals surface area contributed by atoms with E-state index in [2.05, 4.69) is 18.3 Å². The zero-order valence-electron chi connectivity index (χ0n) is 19.7. The van der Waals surface area contributed by atoms with Gasteiger partial charge in [0.2, 0.25) is 0 Å². The molecule has 0 amide bonds. The van der Waals surface area contributed by atoms with Crippen molar-refractivity contribution in [3.63, 3.8) is 0 Å². The lowest BCUT2D eigenvalue weighted by Crippen LogP contribution is -2.32. The van der Waals surface area contributed by atoms with E-state index in [1.54, 1.807) is 0 Å². The second-order valence-electron chi connectivity index (χ2n) is 9.74. The van der Waals surface area contributed by atoms with Gasteiger partial charge in [-0.1, -0.05) is 13.8 Å². The molecule has 1 fully saturated rings. The Morgan fingerprint density at radius 3 is 2.67 bits per heavy atom. The third-order valence-corrected chi connectivity index (χ3v) is 7.09. The molecule has 1 saturated carbocycles. The topological polar surface area (TPSA) is 103 Å². The van der Waals surface area contributed by atoms with Crippen molar-refractivity contribution in [2.75, 3.05) is 5.32 Å². The number of aromatic nitrogens is 3. The van der Waals surface area contributed by atoms with E-state index in [-0.39, 0.29) is 18.0 Å². The van der Waals surface area contributed by atoms with Gasteiger partial charge in [0.1, 0.15) is 11.9 Å². The molecule has 1 aliphatic heterocycles. The number of ether oxygens (including phenoxy) is 1. The van der Waals surface area contributed by atoms with Crippen LogP contribution in [-0.4, -0.2) is 33.1 Å². The molecular formula is C26H31N5O2. The van der Waals surface area contributed by atoms with Crippen LogP contribution in [0.5, 0.6) is 0 Å². The number of pyridine rings is 3. The first-order valence-electron chi connectivity index (χ1n) is 11.8. The molecule has 7 nitrogen and oxygen atoms in total. The summed E-state index contributed by atoms with van der Waals surface area (Å²) in [6, 6.07) is 6.33. The van der Waals surface area contributed by atoms with E-state index < -0.39 is 5.54 Å². The second kappa shape index (κ2) is 8.06. The minimum Gasteiger partial charge on any atom is -0.458 e. The van der Waals surface area contributed by atoms with Gasteiger partial charge < -0.3 is 15.8 Å². The molecule has 0 saturated heterocycles. The van der Waals surface area contributed by atoms with Crippen molar-refractivity contribution in [2.45, 2.75) is 77.0 Å². The largest absolute Gasteiger partial charge is 0.458 e. The van der Waals surface area contributed by atoms with Gasteiger partial charge in [0.15, 0.2) is 0 Å². The van der Waals surface area contributed by atoms with Crippen molar-refractivity contribution in [3.8, 4) is 0 Å². The first-order chi connectivity index (χ1) is 15.8. The molecule has 172 valence electrons. The molecule has 3 aromatic rings. The molecule has 7 heteroatoms. The average molecular weight is 446 g/mol. The number of anilines is 1. The summed E-state index contributed by atoms with van der Waals surface area (Å²) in [7, 11) is 0. The van der Waals surface area contributed by atoms with Crippen LogP contribution in [-0.2, 0) is 16.7 Å². The summed E-state index contributed by atoms with van der Waals surface area (Å²) in [5.41, 5.74) is 10.3. The number of hydrogen-bond acceptors (Lipinski definition) is 7. The van der Waals surface area contributed by atoms with Crippen molar-refractivity contribution in [2.24, 2.45) is 5.73 Å². The number of nitrogens with one attached hydrogen (secondary N) is 1. The van der Waals surface area contributed by atoms with Gasteiger partial charge in [-0.05, 0) is 62.3 Å². The summed E-state index contributed by atoms with van der Waals surface area (Å²) in [5.74, 6) is 0.627. The molecule has 0 bridgehead atoms. The molecule has 0 spiro atoms. The SMILES string of the molecule is CC[C@@](C)(N)c1cnc(NC2CC2)c2cnc(Cc3ccc4c(n3)[C@@H](C)[C@H](C)OC4=O)cc12. The molecule has 0 unspecified atom stereocenters. The van der Waals surface area contributed by atoms with Gasteiger partial charge in [0.25, 0.3) is 0 Å². The Balaban J connectivity index is 1.54. The van der Waals surface area contributed by atoms with E-state index >= 15 is 0 Å². The minimum atomic E-state index is -0.488. The highest BCUT2D eigenvalue weighted by atomic mass is 16.5. The third-order valence-electron chi connectivity index (χ3n) is 7.09. The lowest BCUT2D eigenvalue weighted by Gasteiger charge is -2.27. The summed E-state index contributed by atoms with van der Waals surface area (Å²) in [6.45, 7) is 8.09. The number of nitrogens with zero attached hydrogens (tertiary/aromatic N) is 3. The monoisotopic (exact) mass is 445 g/mol. The number of carbonyl (C=O) groups is 1. The highest BCUT2D eigenvalue weighted by Gasteiger charge is 2.31. The van der Waals surface area contributed by atoms with Gasteiger partial charge in [0, 0.05) is 53.1 Å². The molecule has 33 heavy (non-hydrogen) atoms. The number of hydrogen-bond donors (Lipinski definition) is 2. The Labute approximate surface area is 194 Å². The van der Waals surface area contributed by atoms with Gasteiger partial charge in [0.05, 0.1) is 11.3 Å². The Morgan fingerprint density at radius 1 is 1.15 bits per heavy atom. The lowest BCUT2D eigenvalue weighted by molar-refractivity contribution is 0.0234. The molecule has 4 heterocycles. The van der Waals surface area contributed by atoms with E-state index in [0.29, 0.717) is 18.0 Å². The number of nitrogens with two attached hydrogens (primary N) is 1. The summed E-state index contributed by atoms with van der Waals surface area (Å²) in [5, 5.41) is 5.60. The molecule has 1 aliphatic carbocycles. The van der Waals surface area contributed by atoms with Crippen molar-refractivity contribution >= 4 is 22.6 Å². The third kappa shape index (κ3) is 4.06. The van der Waals surface area contributed by atoms with E-state index in [1.807, 2.05) is 45.3 Å². The molecule has 3 N–H and O–H groups in total. The van der Waals surface area contributed by atoms with Gasteiger partial charge in [-0.2, -0.15) is 0 Å². The van der Waals surface area contributed by atoms with E-state index in [1.165, 1.54) is 12.8 Å². The van der Waals surface area contributed by atoms with Crippen molar-refractivity contribution in [3.05, 3.63) is 58.8 Å². The van der Waals surface area contributed by atoms with E-state index in [4.69, 9.17) is 25.4 Å². The fourth-order valence-electron chi connectivity index (χ4n) is 4.33. The Hall–Kier alpha value is -3.06. The Bertz CT molecular complexity index is 1230. The smallest absolute Gasteiger partial charge is 0.340 e. The number of fused-ring (bicyclic) bond motifs is 2. The van der Waals surface area contributed by atoms with Gasteiger partial charge in [-0.15, -0.1) is 0 Å². The molecule has 3 aromatic heterocycles. The number of carbonyl (C=O) groups excluding carboxylic acids is 1. The Kier molecular flexibility index (Phi) is 5.32. The average Bonchev–Trinajstić information content (AvgIpc) is 3.61. The first kappa shape index (κ1) is 21.8.